The van der Waals surface area contributed by atoms with Gasteiger partial charge in [-0.3, -0.25) is 4.79 Å². The summed E-state index contributed by atoms with van der Waals surface area (Å²) in [7, 11) is 2.01. The summed E-state index contributed by atoms with van der Waals surface area (Å²) in [6, 6.07) is 0.350. The van der Waals surface area contributed by atoms with E-state index in [-0.39, 0.29) is 0 Å². The van der Waals surface area contributed by atoms with Crippen molar-refractivity contribution in [3.8, 4) is 0 Å². The summed E-state index contributed by atoms with van der Waals surface area (Å²) in [5, 5.41) is 2.50. The molecule has 0 radical (unpaired) electrons. The number of hydrogen-bond acceptors (Lipinski definition) is 2. The average molecular weight is 186 g/mol. The predicted octanol–water partition coefficient (Wildman–Crippen LogP) is 0.680. The fourth-order valence-electron chi connectivity index (χ4n) is 1.54. The van der Waals surface area contributed by atoms with Gasteiger partial charge >= 0.3 is 0 Å². The summed E-state index contributed by atoms with van der Waals surface area (Å²) in [5.74, 6) is -1.61. The smallest absolute Gasteiger partial charge is 0.279 e. The van der Waals surface area contributed by atoms with Crippen LogP contribution in [0.2, 0.25) is 0 Å². The molecule has 0 spiro atoms. The molecule has 1 aliphatic heterocycles. The molecule has 0 aliphatic carbocycles. The zero-order valence-electron chi connectivity index (χ0n) is 7.85. The molecule has 0 bridgehead atoms. The Balaban J connectivity index is 2.26. The fraction of sp³-hybridized carbons (Fsp3) is 0.667. The molecule has 0 aromatic heterocycles. The van der Waals surface area contributed by atoms with Crippen LogP contribution in [0.1, 0.15) is 12.8 Å². The molecule has 74 valence electrons. The molecule has 1 aliphatic rings. The highest BCUT2D eigenvalue weighted by Crippen LogP contribution is 2.13. The quantitative estimate of drug-likeness (QED) is 0.657. The molecule has 1 atom stereocenters. The van der Waals surface area contributed by atoms with Gasteiger partial charge in [-0.2, -0.15) is 0 Å². The SMILES string of the molecule is C=C(F)C(=O)NC[C@H]1CCCN1C. The topological polar surface area (TPSA) is 32.3 Å². The Kier molecular flexibility index (Phi) is 3.42. The first-order chi connectivity index (χ1) is 6.11. The second kappa shape index (κ2) is 4.37. The molecule has 0 aromatic rings. The van der Waals surface area contributed by atoms with E-state index < -0.39 is 11.7 Å². The van der Waals surface area contributed by atoms with Crippen LogP contribution in [0.15, 0.2) is 12.4 Å². The predicted molar refractivity (Wildman–Crippen MR) is 48.9 cm³/mol. The molecule has 1 heterocycles. The molecule has 1 amide bonds. The lowest BCUT2D eigenvalue weighted by Crippen LogP contribution is -2.38. The highest BCUT2D eigenvalue weighted by molar-refractivity contribution is 5.90. The third-order valence-electron chi connectivity index (χ3n) is 2.42. The summed E-state index contributed by atoms with van der Waals surface area (Å²) in [6.45, 7) is 4.49. The van der Waals surface area contributed by atoms with Gasteiger partial charge in [0.25, 0.3) is 5.91 Å². The Morgan fingerprint density at radius 2 is 2.46 bits per heavy atom. The van der Waals surface area contributed by atoms with Crippen molar-refractivity contribution in [1.82, 2.24) is 10.2 Å². The van der Waals surface area contributed by atoms with Crippen molar-refractivity contribution in [2.45, 2.75) is 18.9 Å². The maximum Gasteiger partial charge on any atom is 0.279 e. The number of carbonyl (C=O) groups is 1. The summed E-state index contributed by atoms with van der Waals surface area (Å²) < 4.78 is 12.2. The minimum Gasteiger partial charge on any atom is -0.348 e. The van der Waals surface area contributed by atoms with Gasteiger partial charge < -0.3 is 10.2 Å². The van der Waals surface area contributed by atoms with E-state index >= 15 is 0 Å². The third kappa shape index (κ3) is 2.81. The summed E-state index contributed by atoms with van der Waals surface area (Å²) in [4.78, 5) is 13.0. The van der Waals surface area contributed by atoms with Crippen molar-refractivity contribution in [2.24, 2.45) is 0 Å². The number of hydrogen-bond donors (Lipinski definition) is 1. The van der Waals surface area contributed by atoms with Crippen molar-refractivity contribution in [3.05, 3.63) is 12.4 Å². The second-order valence-corrected chi connectivity index (χ2v) is 3.39. The number of nitrogens with one attached hydrogen (secondary N) is 1. The van der Waals surface area contributed by atoms with Crippen LogP contribution >= 0.6 is 0 Å². The lowest BCUT2D eigenvalue weighted by atomic mass is 10.2. The number of rotatable bonds is 3. The molecular formula is C9H15FN2O. The molecule has 4 heteroatoms. The molecule has 13 heavy (non-hydrogen) atoms. The van der Waals surface area contributed by atoms with Gasteiger partial charge in [-0.15, -0.1) is 0 Å². The van der Waals surface area contributed by atoms with Crippen LogP contribution in [-0.2, 0) is 4.79 Å². The van der Waals surface area contributed by atoms with Gasteiger partial charge in [0.05, 0.1) is 0 Å². The van der Waals surface area contributed by atoms with Gasteiger partial charge in [0, 0.05) is 12.6 Å². The summed E-state index contributed by atoms with van der Waals surface area (Å²) in [5.41, 5.74) is 0. The molecule has 3 nitrogen and oxygen atoms in total. The molecule has 0 saturated carbocycles. The third-order valence-corrected chi connectivity index (χ3v) is 2.42. The van der Waals surface area contributed by atoms with Gasteiger partial charge in [0.2, 0.25) is 0 Å². The first-order valence-electron chi connectivity index (χ1n) is 4.44. The monoisotopic (exact) mass is 186 g/mol. The number of likely N-dealkylation sites (tertiary alicyclic amines) is 1. The minimum atomic E-state index is -0.916. The van der Waals surface area contributed by atoms with Crippen molar-refractivity contribution >= 4 is 5.91 Å². The number of likely N-dealkylation sites (N-methyl/N-ethyl adjacent to an activating group) is 1. The second-order valence-electron chi connectivity index (χ2n) is 3.39. The first-order valence-corrected chi connectivity index (χ1v) is 4.44. The van der Waals surface area contributed by atoms with E-state index in [4.69, 9.17) is 0 Å². The number of amides is 1. The Hall–Kier alpha value is -0.900. The zero-order chi connectivity index (χ0) is 9.84. The van der Waals surface area contributed by atoms with E-state index in [1.807, 2.05) is 7.05 Å². The van der Waals surface area contributed by atoms with E-state index in [2.05, 4.69) is 16.8 Å². The Bertz CT molecular complexity index is 218. The van der Waals surface area contributed by atoms with Crippen LogP contribution < -0.4 is 5.32 Å². The van der Waals surface area contributed by atoms with E-state index in [1.54, 1.807) is 0 Å². The Morgan fingerprint density at radius 1 is 1.77 bits per heavy atom. The lowest BCUT2D eigenvalue weighted by Gasteiger charge is -2.19. The molecule has 0 unspecified atom stereocenters. The van der Waals surface area contributed by atoms with Crippen LogP contribution in [0.25, 0.3) is 0 Å². The van der Waals surface area contributed by atoms with Gasteiger partial charge in [0.1, 0.15) is 0 Å². The number of halogens is 1. The van der Waals surface area contributed by atoms with Crippen molar-refractivity contribution in [3.63, 3.8) is 0 Å². The molecule has 0 aromatic carbocycles. The van der Waals surface area contributed by atoms with Crippen molar-refractivity contribution in [1.29, 1.82) is 0 Å². The van der Waals surface area contributed by atoms with Gasteiger partial charge in [-0.25, -0.2) is 4.39 Å². The van der Waals surface area contributed by atoms with Crippen LogP contribution in [0, 0.1) is 0 Å². The number of carbonyl (C=O) groups excluding carboxylic acids is 1. The summed E-state index contributed by atoms with van der Waals surface area (Å²) >= 11 is 0. The number of nitrogens with zero attached hydrogens (tertiary/aromatic N) is 1. The van der Waals surface area contributed by atoms with Crippen molar-refractivity contribution < 1.29 is 9.18 Å². The molecular weight excluding hydrogens is 171 g/mol. The molecule has 1 saturated heterocycles. The van der Waals surface area contributed by atoms with Crippen LogP contribution in [0.4, 0.5) is 4.39 Å². The average Bonchev–Trinajstić information content (AvgIpc) is 2.47. The normalized spacial score (nSPS) is 23.1. The van der Waals surface area contributed by atoms with E-state index in [9.17, 15) is 9.18 Å². The van der Waals surface area contributed by atoms with Gasteiger partial charge in [-0.05, 0) is 26.4 Å². The zero-order valence-corrected chi connectivity index (χ0v) is 7.85. The van der Waals surface area contributed by atoms with Crippen LogP contribution in [0.5, 0.6) is 0 Å². The molecule has 1 fully saturated rings. The maximum absolute atomic E-state index is 12.2. The van der Waals surface area contributed by atoms with Gasteiger partial charge in [-0.1, -0.05) is 6.58 Å². The van der Waals surface area contributed by atoms with Crippen LogP contribution in [-0.4, -0.2) is 37.0 Å². The highest BCUT2D eigenvalue weighted by Gasteiger charge is 2.21. The standard InChI is InChI=1S/C9H15FN2O/c1-7(10)9(13)11-6-8-4-3-5-12(8)2/h8H,1,3-6H2,2H3,(H,11,13)/t8-/m1/s1. The fourth-order valence-corrected chi connectivity index (χ4v) is 1.54. The first kappa shape index (κ1) is 10.2. The lowest BCUT2D eigenvalue weighted by molar-refractivity contribution is -0.119. The van der Waals surface area contributed by atoms with Crippen LogP contribution in [0.3, 0.4) is 0 Å². The Labute approximate surface area is 77.6 Å². The minimum absolute atomic E-state index is 0.350. The van der Waals surface area contributed by atoms with Crippen molar-refractivity contribution in [2.75, 3.05) is 20.1 Å². The molecule has 1 N–H and O–H groups in total. The largest absolute Gasteiger partial charge is 0.348 e. The Morgan fingerprint density at radius 3 is 2.92 bits per heavy atom. The van der Waals surface area contributed by atoms with E-state index in [0.29, 0.717) is 12.6 Å². The molecule has 1 rings (SSSR count). The van der Waals surface area contributed by atoms with E-state index in [1.165, 1.54) is 0 Å². The maximum atomic E-state index is 12.2. The van der Waals surface area contributed by atoms with Gasteiger partial charge in [0.15, 0.2) is 5.83 Å². The van der Waals surface area contributed by atoms with E-state index in [0.717, 1.165) is 19.4 Å². The summed E-state index contributed by atoms with van der Waals surface area (Å²) in [6.07, 6.45) is 2.21. The highest BCUT2D eigenvalue weighted by atomic mass is 19.1.